The Hall–Kier alpha value is -2.62. The van der Waals surface area contributed by atoms with Crippen LogP contribution < -0.4 is 20.9 Å². The number of amides is 2. The van der Waals surface area contributed by atoms with Gasteiger partial charge in [0.2, 0.25) is 5.91 Å². The fourth-order valence-electron chi connectivity index (χ4n) is 3.46. The van der Waals surface area contributed by atoms with Gasteiger partial charge in [-0.1, -0.05) is 24.3 Å². The van der Waals surface area contributed by atoms with Crippen molar-refractivity contribution < 1.29 is 9.59 Å². The smallest absolute Gasteiger partial charge is 0.251 e. The van der Waals surface area contributed by atoms with Gasteiger partial charge >= 0.3 is 0 Å². The summed E-state index contributed by atoms with van der Waals surface area (Å²) in [5, 5.41) is 9.24. The van der Waals surface area contributed by atoms with Crippen molar-refractivity contribution >= 4 is 47.4 Å². The van der Waals surface area contributed by atoms with E-state index in [1.807, 2.05) is 47.4 Å². The van der Waals surface area contributed by atoms with E-state index >= 15 is 0 Å². The lowest BCUT2D eigenvalue weighted by Crippen LogP contribution is -2.37. The molecule has 166 valence electrons. The van der Waals surface area contributed by atoms with Gasteiger partial charge in [-0.2, -0.15) is 0 Å². The molecular formula is C23H30IN5O2. The molecule has 1 aliphatic rings. The Balaban J connectivity index is 0.00000341. The van der Waals surface area contributed by atoms with Crippen LogP contribution >= 0.6 is 24.0 Å². The first kappa shape index (κ1) is 24.6. The van der Waals surface area contributed by atoms with Crippen molar-refractivity contribution in [2.45, 2.75) is 25.8 Å². The van der Waals surface area contributed by atoms with Gasteiger partial charge in [0.05, 0.1) is 0 Å². The number of guanidine groups is 1. The molecule has 1 aliphatic heterocycles. The number of hydrogen-bond donors (Lipinski definition) is 3. The van der Waals surface area contributed by atoms with Crippen molar-refractivity contribution in [3.8, 4) is 0 Å². The highest BCUT2D eigenvalue weighted by Crippen LogP contribution is 2.21. The summed E-state index contributed by atoms with van der Waals surface area (Å²) in [5.41, 5.74) is 3.83. The molecule has 8 heteroatoms. The van der Waals surface area contributed by atoms with Crippen LogP contribution in [-0.2, 0) is 17.8 Å². The first-order valence-electron chi connectivity index (χ1n) is 10.3. The van der Waals surface area contributed by atoms with Gasteiger partial charge in [0.1, 0.15) is 0 Å². The molecule has 0 atom stereocenters. The first-order valence-corrected chi connectivity index (χ1v) is 10.3. The number of aliphatic imine (C=N–C) groups is 1. The lowest BCUT2D eigenvalue weighted by atomic mass is 10.1. The van der Waals surface area contributed by atoms with Crippen LogP contribution in [-0.4, -0.2) is 45.0 Å². The number of anilines is 1. The number of carbonyl (C=O) groups excluding carboxylic acids is 2. The Morgan fingerprint density at radius 3 is 2.52 bits per heavy atom. The minimum Gasteiger partial charge on any atom is -0.356 e. The first-order chi connectivity index (χ1) is 14.6. The fourth-order valence-corrected chi connectivity index (χ4v) is 3.46. The van der Waals surface area contributed by atoms with Crippen LogP contribution in [0, 0.1) is 0 Å². The van der Waals surface area contributed by atoms with E-state index in [-0.39, 0.29) is 35.8 Å². The topological polar surface area (TPSA) is 85.8 Å². The third-order valence-electron chi connectivity index (χ3n) is 5.13. The molecule has 0 aliphatic carbocycles. The fraction of sp³-hybridized carbons (Fsp3) is 0.348. The molecule has 31 heavy (non-hydrogen) atoms. The molecule has 0 radical (unpaired) electrons. The zero-order valence-electron chi connectivity index (χ0n) is 18.0. The second kappa shape index (κ2) is 12.3. The van der Waals surface area contributed by atoms with Crippen LogP contribution in [0.15, 0.2) is 53.5 Å². The monoisotopic (exact) mass is 535 g/mol. The highest BCUT2D eigenvalue weighted by molar-refractivity contribution is 14.0. The molecule has 1 saturated heterocycles. The molecule has 7 nitrogen and oxygen atoms in total. The molecule has 0 unspecified atom stereocenters. The molecule has 2 amide bonds. The number of carbonyl (C=O) groups is 2. The summed E-state index contributed by atoms with van der Waals surface area (Å²) in [6, 6.07) is 15.7. The zero-order chi connectivity index (χ0) is 21.3. The number of rotatable bonds is 7. The van der Waals surface area contributed by atoms with Gasteiger partial charge in [-0.15, -0.1) is 24.0 Å². The van der Waals surface area contributed by atoms with Crippen LogP contribution in [0.2, 0.25) is 0 Å². The lowest BCUT2D eigenvalue weighted by Gasteiger charge is -2.16. The number of hydrogen-bond acceptors (Lipinski definition) is 3. The third-order valence-corrected chi connectivity index (χ3v) is 5.13. The van der Waals surface area contributed by atoms with Gasteiger partial charge in [-0.25, -0.2) is 0 Å². The van der Waals surface area contributed by atoms with E-state index in [2.05, 4.69) is 20.9 Å². The van der Waals surface area contributed by atoms with Crippen molar-refractivity contribution in [1.29, 1.82) is 0 Å². The van der Waals surface area contributed by atoms with Gasteiger partial charge in [0, 0.05) is 51.4 Å². The summed E-state index contributed by atoms with van der Waals surface area (Å²) in [5.74, 6) is 0.838. The van der Waals surface area contributed by atoms with Crippen LogP contribution in [0.1, 0.15) is 34.3 Å². The minimum atomic E-state index is -0.0811. The van der Waals surface area contributed by atoms with Crippen molar-refractivity contribution in [1.82, 2.24) is 16.0 Å². The van der Waals surface area contributed by atoms with Crippen LogP contribution in [0.5, 0.6) is 0 Å². The average Bonchev–Trinajstić information content (AvgIpc) is 3.22. The van der Waals surface area contributed by atoms with E-state index in [0.717, 1.165) is 42.2 Å². The maximum absolute atomic E-state index is 11.9. The van der Waals surface area contributed by atoms with Gasteiger partial charge in [-0.3, -0.25) is 14.6 Å². The minimum absolute atomic E-state index is 0. The standard InChI is InChI=1S/C23H29N5O2.HI/c1-24-22(30)19-6-3-5-17(15-19)12-13-26-23(25-2)27-16-18-8-10-20(11-9-18)28-14-4-7-21(28)29;/h3,5-6,8-11,15H,4,7,12-14,16H2,1-2H3,(H,24,30)(H2,25,26,27);1H. The average molecular weight is 535 g/mol. The van der Waals surface area contributed by atoms with Crippen molar-refractivity contribution in [2.24, 2.45) is 4.99 Å². The van der Waals surface area contributed by atoms with Crippen LogP contribution in [0.4, 0.5) is 5.69 Å². The summed E-state index contributed by atoms with van der Waals surface area (Å²) in [7, 11) is 3.37. The molecule has 0 saturated carbocycles. The maximum Gasteiger partial charge on any atom is 0.251 e. The molecule has 0 aromatic heterocycles. The summed E-state index contributed by atoms with van der Waals surface area (Å²) >= 11 is 0. The van der Waals surface area contributed by atoms with E-state index in [1.165, 1.54) is 0 Å². The Bertz CT molecular complexity index is 914. The SMILES string of the molecule is CN=C(NCCc1cccc(C(=O)NC)c1)NCc1ccc(N2CCCC2=O)cc1.I. The molecule has 0 spiro atoms. The van der Waals surface area contributed by atoms with Gasteiger partial charge in [0.25, 0.3) is 5.91 Å². The third kappa shape index (κ3) is 6.95. The lowest BCUT2D eigenvalue weighted by molar-refractivity contribution is -0.117. The van der Waals surface area contributed by atoms with Crippen molar-refractivity contribution in [3.63, 3.8) is 0 Å². The van der Waals surface area contributed by atoms with E-state index < -0.39 is 0 Å². The Morgan fingerprint density at radius 1 is 1.10 bits per heavy atom. The van der Waals surface area contributed by atoms with Gasteiger partial charge in [-0.05, 0) is 48.2 Å². The molecule has 3 rings (SSSR count). The van der Waals surface area contributed by atoms with Gasteiger partial charge < -0.3 is 20.9 Å². The Labute approximate surface area is 200 Å². The zero-order valence-corrected chi connectivity index (χ0v) is 20.3. The second-order valence-electron chi connectivity index (χ2n) is 7.20. The molecule has 2 aromatic carbocycles. The highest BCUT2D eigenvalue weighted by Gasteiger charge is 2.21. The van der Waals surface area contributed by atoms with E-state index in [1.54, 1.807) is 20.2 Å². The number of nitrogens with one attached hydrogen (secondary N) is 3. The van der Waals surface area contributed by atoms with E-state index in [9.17, 15) is 9.59 Å². The summed E-state index contributed by atoms with van der Waals surface area (Å²) in [4.78, 5) is 29.7. The molecule has 0 bridgehead atoms. The predicted octanol–water partition coefficient (Wildman–Crippen LogP) is 2.70. The van der Waals surface area contributed by atoms with Crippen LogP contribution in [0.25, 0.3) is 0 Å². The molecule has 2 aromatic rings. The van der Waals surface area contributed by atoms with E-state index in [4.69, 9.17) is 0 Å². The molecular weight excluding hydrogens is 505 g/mol. The largest absolute Gasteiger partial charge is 0.356 e. The number of benzene rings is 2. The number of nitrogens with zero attached hydrogens (tertiary/aromatic N) is 2. The molecule has 3 N–H and O–H groups in total. The quantitative estimate of drug-likeness (QED) is 0.289. The summed E-state index contributed by atoms with van der Waals surface area (Å²) < 4.78 is 0. The van der Waals surface area contributed by atoms with E-state index in [0.29, 0.717) is 25.1 Å². The van der Waals surface area contributed by atoms with Crippen LogP contribution in [0.3, 0.4) is 0 Å². The Morgan fingerprint density at radius 2 is 1.87 bits per heavy atom. The molecule has 1 heterocycles. The second-order valence-corrected chi connectivity index (χ2v) is 7.20. The predicted molar refractivity (Wildman–Crippen MR) is 135 cm³/mol. The van der Waals surface area contributed by atoms with Crippen molar-refractivity contribution in [3.05, 3.63) is 65.2 Å². The normalized spacial score (nSPS) is 13.5. The summed E-state index contributed by atoms with van der Waals surface area (Å²) in [6.07, 6.45) is 2.35. The summed E-state index contributed by atoms with van der Waals surface area (Å²) in [6.45, 7) is 2.14. The highest BCUT2D eigenvalue weighted by atomic mass is 127. The maximum atomic E-state index is 11.9. The number of halogens is 1. The molecule has 1 fully saturated rings. The van der Waals surface area contributed by atoms with Gasteiger partial charge in [0.15, 0.2) is 5.96 Å². The Kier molecular flexibility index (Phi) is 9.77. The van der Waals surface area contributed by atoms with Crippen molar-refractivity contribution in [2.75, 3.05) is 32.1 Å².